The van der Waals surface area contributed by atoms with E-state index in [1.807, 2.05) is 0 Å². The fourth-order valence-corrected chi connectivity index (χ4v) is 2.29. The van der Waals surface area contributed by atoms with E-state index >= 15 is 0 Å². The summed E-state index contributed by atoms with van der Waals surface area (Å²) >= 11 is 0. The van der Waals surface area contributed by atoms with Crippen LogP contribution in [0.25, 0.3) is 0 Å². The highest BCUT2D eigenvalue weighted by Crippen LogP contribution is 2.35. The number of benzene rings is 1. The van der Waals surface area contributed by atoms with Crippen molar-refractivity contribution in [2.45, 2.75) is 19.0 Å². The van der Waals surface area contributed by atoms with Crippen LogP contribution in [0.15, 0.2) is 18.2 Å². The Hall–Kier alpha value is -1.79. The highest BCUT2D eigenvalue weighted by Gasteiger charge is 2.42. The monoisotopic (exact) mass is 291 g/mol. The predicted octanol–water partition coefficient (Wildman–Crippen LogP) is 2.95. The number of carbonyl (C=O) groups excluding carboxylic acids is 1. The van der Waals surface area contributed by atoms with E-state index in [0.717, 1.165) is 11.0 Å². The third-order valence-corrected chi connectivity index (χ3v) is 3.45. The summed E-state index contributed by atoms with van der Waals surface area (Å²) in [4.78, 5) is 13.2. The van der Waals surface area contributed by atoms with E-state index in [1.165, 1.54) is 12.1 Å². The number of halogens is 4. The smallest absolute Gasteiger partial charge is 0.391 e. The van der Waals surface area contributed by atoms with E-state index in [2.05, 4.69) is 0 Å². The number of aromatic hydroxyl groups is 1. The summed E-state index contributed by atoms with van der Waals surface area (Å²) < 4.78 is 51.1. The SMILES string of the molecule is O=C(c1c(O)cccc1F)N1CCC(C(F)(F)F)CC1. The summed E-state index contributed by atoms with van der Waals surface area (Å²) in [5.41, 5.74) is -0.488. The number of carbonyl (C=O) groups is 1. The van der Waals surface area contributed by atoms with Crippen molar-refractivity contribution in [2.75, 3.05) is 13.1 Å². The quantitative estimate of drug-likeness (QED) is 0.808. The molecule has 0 saturated carbocycles. The van der Waals surface area contributed by atoms with E-state index in [1.54, 1.807) is 0 Å². The lowest BCUT2D eigenvalue weighted by atomic mass is 9.95. The van der Waals surface area contributed by atoms with Crippen LogP contribution in [0.4, 0.5) is 17.6 Å². The third-order valence-electron chi connectivity index (χ3n) is 3.45. The van der Waals surface area contributed by atoms with Crippen molar-refractivity contribution >= 4 is 5.91 Å². The summed E-state index contributed by atoms with van der Waals surface area (Å²) in [6, 6.07) is 3.44. The molecule has 7 heteroatoms. The fraction of sp³-hybridized carbons (Fsp3) is 0.462. The van der Waals surface area contributed by atoms with Crippen molar-refractivity contribution in [3.8, 4) is 5.75 Å². The first-order chi connectivity index (χ1) is 9.30. The van der Waals surface area contributed by atoms with Crippen LogP contribution in [-0.2, 0) is 0 Å². The molecular formula is C13H13F4NO2. The minimum absolute atomic E-state index is 0.100. The second-order valence-corrected chi connectivity index (χ2v) is 4.74. The Morgan fingerprint density at radius 3 is 2.35 bits per heavy atom. The van der Waals surface area contributed by atoms with Gasteiger partial charge in [0.1, 0.15) is 17.1 Å². The lowest BCUT2D eigenvalue weighted by Crippen LogP contribution is -2.42. The summed E-state index contributed by atoms with van der Waals surface area (Å²) in [5, 5.41) is 9.51. The maximum absolute atomic E-state index is 13.5. The van der Waals surface area contributed by atoms with Gasteiger partial charge in [-0.05, 0) is 25.0 Å². The van der Waals surface area contributed by atoms with Crippen LogP contribution < -0.4 is 0 Å². The van der Waals surface area contributed by atoms with E-state index in [0.29, 0.717) is 0 Å². The van der Waals surface area contributed by atoms with Gasteiger partial charge in [0.25, 0.3) is 5.91 Å². The van der Waals surface area contributed by atoms with Gasteiger partial charge >= 0.3 is 6.18 Å². The van der Waals surface area contributed by atoms with Gasteiger partial charge in [-0.25, -0.2) is 4.39 Å². The molecule has 0 radical (unpaired) electrons. The maximum Gasteiger partial charge on any atom is 0.391 e. The molecule has 0 unspecified atom stereocenters. The molecule has 1 N–H and O–H groups in total. The summed E-state index contributed by atoms with van der Waals surface area (Å²) in [7, 11) is 0. The van der Waals surface area contributed by atoms with Crippen molar-refractivity contribution in [3.05, 3.63) is 29.6 Å². The molecule has 0 aromatic heterocycles. The van der Waals surface area contributed by atoms with Gasteiger partial charge in [0.05, 0.1) is 5.92 Å². The summed E-state index contributed by atoms with van der Waals surface area (Å²) in [6.07, 6.45) is -4.68. The van der Waals surface area contributed by atoms with Crippen LogP contribution in [0.5, 0.6) is 5.75 Å². The Bertz CT molecular complexity index is 487. The fourth-order valence-electron chi connectivity index (χ4n) is 2.29. The number of likely N-dealkylation sites (tertiary alicyclic amines) is 1. The lowest BCUT2D eigenvalue weighted by Gasteiger charge is -2.33. The van der Waals surface area contributed by atoms with Crippen LogP contribution in [0.3, 0.4) is 0 Å². The normalized spacial score (nSPS) is 17.3. The highest BCUT2D eigenvalue weighted by atomic mass is 19.4. The van der Waals surface area contributed by atoms with E-state index in [-0.39, 0.29) is 25.9 Å². The molecule has 0 aliphatic carbocycles. The molecule has 2 rings (SSSR count). The van der Waals surface area contributed by atoms with Crippen LogP contribution in [0, 0.1) is 11.7 Å². The number of hydrogen-bond donors (Lipinski definition) is 1. The third kappa shape index (κ3) is 2.86. The molecule has 110 valence electrons. The number of amides is 1. The minimum atomic E-state index is -4.27. The molecule has 1 aromatic rings. The molecule has 1 aliphatic heterocycles. The lowest BCUT2D eigenvalue weighted by molar-refractivity contribution is -0.183. The number of rotatable bonds is 1. The molecule has 1 amide bonds. The van der Waals surface area contributed by atoms with Gasteiger partial charge in [0.15, 0.2) is 0 Å². The van der Waals surface area contributed by atoms with E-state index in [9.17, 15) is 27.5 Å². The molecule has 20 heavy (non-hydrogen) atoms. The van der Waals surface area contributed by atoms with Crippen molar-refractivity contribution in [3.63, 3.8) is 0 Å². The van der Waals surface area contributed by atoms with Gasteiger partial charge in [-0.1, -0.05) is 6.07 Å². The summed E-state index contributed by atoms with van der Waals surface area (Å²) in [6.45, 7) is -0.201. The molecule has 0 spiro atoms. The van der Waals surface area contributed by atoms with Gasteiger partial charge in [0.2, 0.25) is 0 Å². The van der Waals surface area contributed by atoms with Crippen LogP contribution in [0.1, 0.15) is 23.2 Å². The molecule has 1 saturated heterocycles. The first-order valence-electron chi connectivity index (χ1n) is 6.14. The number of phenolic OH excluding ortho intramolecular Hbond substituents is 1. The van der Waals surface area contributed by atoms with Gasteiger partial charge in [-0.3, -0.25) is 4.79 Å². The Labute approximate surface area is 112 Å². The topological polar surface area (TPSA) is 40.5 Å². The Kier molecular flexibility index (Phi) is 3.87. The molecule has 3 nitrogen and oxygen atoms in total. The zero-order valence-corrected chi connectivity index (χ0v) is 10.5. The van der Waals surface area contributed by atoms with Gasteiger partial charge in [0, 0.05) is 13.1 Å². The average molecular weight is 291 g/mol. The highest BCUT2D eigenvalue weighted by molar-refractivity contribution is 5.97. The largest absolute Gasteiger partial charge is 0.507 e. The summed E-state index contributed by atoms with van der Waals surface area (Å²) in [5.74, 6) is -3.59. The van der Waals surface area contributed by atoms with Crippen LogP contribution in [-0.4, -0.2) is 35.2 Å². The van der Waals surface area contributed by atoms with Crippen molar-refractivity contribution in [2.24, 2.45) is 5.92 Å². The number of alkyl halides is 3. The molecular weight excluding hydrogens is 278 g/mol. The first-order valence-corrected chi connectivity index (χ1v) is 6.14. The second-order valence-electron chi connectivity index (χ2n) is 4.74. The second kappa shape index (κ2) is 5.30. The molecule has 1 heterocycles. The molecule has 0 bridgehead atoms. The minimum Gasteiger partial charge on any atom is -0.507 e. The molecule has 1 fully saturated rings. The zero-order valence-electron chi connectivity index (χ0n) is 10.5. The van der Waals surface area contributed by atoms with Gasteiger partial charge in [-0.15, -0.1) is 0 Å². The Morgan fingerprint density at radius 1 is 1.25 bits per heavy atom. The van der Waals surface area contributed by atoms with Crippen molar-refractivity contribution in [1.29, 1.82) is 0 Å². The number of nitrogens with zero attached hydrogens (tertiary/aromatic N) is 1. The van der Waals surface area contributed by atoms with Crippen molar-refractivity contribution in [1.82, 2.24) is 4.90 Å². The molecule has 0 atom stereocenters. The average Bonchev–Trinajstić information content (AvgIpc) is 2.37. The van der Waals surface area contributed by atoms with Crippen LogP contribution in [0.2, 0.25) is 0 Å². The zero-order chi connectivity index (χ0) is 14.9. The van der Waals surface area contributed by atoms with E-state index < -0.39 is 35.1 Å². The molecule has 1 aromatic carbocycles. The standard InChI is InChI=1S/C13H13F4NO2/c14-9-2-1-3-10(19)11(9)12(20)18-6-4-8(5-7-18)13(15,16)17/h1-3,8,19H,4-7H2. The molecule has 1 aliphatic rings. The first kappa shape index (κ1) is 14.6. The number of piperidine rings is 1. The maximum atomic E-state index is 13.5. The number of phenols is 1. The van der Waals surface area contributed by atoms with E-state index in [4.69, 9.17) is 0 Å². The van der Waals surface area contributed by atoms with Gasteiger partial charge in [-0.2, -0.15) is 13.2 Å². The van der Waals surface area contributed by atoms with Crippen molar-refractivity contribution < 1.29 is 27.5 Å². The van der Waals surface area contributed by atoms with Crippen LogP contribution >= 0.6 is 0 Å². The Morgan fingerprint density at radius 2 is 1.85 bits per heavy atom. The van der Waals surface area contributed by atoms with Gasteiger partial charge < -0.3 is 10.0 Å². The number of hydrogen-bond acceptors (Lipinski definition) is 2. The Balaban J connectivity index is 2.09. The predicted molar refractivity (Wildman–Crippen MR) is 62.7 cm³/mol.